The number of hydrogen-bond acceptors (Lipinski definition) is 2. The highest BCUT2D eigenvalue weighted by molar-refractivity contribution is 14.0. The van der Waals surface area contributed by atoms with Gasteiger partial charge in [-0.25, -0.2) is 0 Å². The molecule has 0 spiro atoms. The molecular formula is C14H23IN4O. The van der Waals surface area contributed by atoms with Gasteiger partial charge in [0.1, 0.15) is 0 Å². The fraction of sp³-hybridized carbons (Fsp3) is 0.643. The third kappa shape index (κ3) is 3.46. The molecule has 3 heterocycles. The molecule has 3 rings (SSSR count). The van der Waals surface area contributed by atoms with Gasteiger partial charge in [-0.1, -0.05) is 0 Å². The second kappa shape index (κ2) is 6.80. The van der Waals surface area contributed by atoms with Crippen molar-refractivity contribution in [2.75, 3.05) is 7.05 Å². The summed E-state index contributed by atoms with van der Waals surface area (Å²) >= 11 is 0. The summed E-state index contributed by atoms with van der Waals surface area (Å²) in [6.45, 7) is 0.794. The molecule has 2 bridgehead atoms. The smallest absolute Gasteiger partial charge is 0.191 e. The number of rotatable bonds is 3. The maximum absolute atomic E-state index is 5.85. The average Bonchev–Trinajstić information content (AvgIpc) is 3.11. The first-order valence-corrected chi connectivity index (χ1v) is 6.98. The monoisotopic (exact) mass is 390 g/mol. The summed E-state index contributed by atoms with van der Waals surface area (Å²) in [5.74, 6) is 0.866. The molecule has 2 fully saturated rings. The first-order chi connectivity index (χ1) is 9.24. The highest BCUT2D eigenvalue weighted by atomic mass is 127. The zero-order valence-electron chi connectivity index (χ0n) is 12.0. The van der Waals surface area contributed by atoms with Gasteiger partial charge >= 0.3 is 0 Å². The van der Waals surface area contributed by atoms with E-state index in [1.165, 1.54) is 18.4 Å². The second-order valence-electron chi connectivity index (χ2n) is 5.47. The molecule has 2 aliphatic heterocycles. The van der Waals surface area contributed by atoms with Gasteiger partial charge in [0, 0.05) is 33.0 Å². The molecule has 112 valence electrons. The number of nitrogens with one attached hydrogen (secondary N) is 2. The molecule has 0 aromatic carbocycles. The molecule has 2 aliphatic rings. The quantitative estimate of drug-likeness (QED) is 0.469. The Morgan fingerprint density at radius 2 is 2.35 bits per heavy atom. The first-order valence-electron chi connectivity index (χ1n) is 6.98. The fourth-order valence-electron chi connectivity index (χ4n) is 3.01. The fourth-order valence-corrected chi connectivity index (χ4v) is 3.01. The van der Waals surface area contributed by atoms with Crippen molar-refractivity contribution in [1.82, 2.24) is 15.2 Å². The average molecular weight is 390 g/mol. The topological polar surface area (TPSA) is 50.6 Å². The Morgan fingerprint density at radius 3 is 2.90 bits per heavy atom. The largest absolute Gasteiger partial charge is 0.373 e. The van der Waals surface area contributed by atoms with Crippen LogP contribution in [0.25, 0.3) is 0 Å². The van der Waals surface area contributed by atoms with Crippen molar-refractivity contribution in [3.63, 3.8) is 0 Å². The number of aliphatic imine (C=N–C) groups is 1. The molecule has 20 heavy (non-hydrogen) atoms. The van der Waals surface area contributed by atoms with E-state index in [-0.39, 0.29) is 24.0 Å². The number of guanidine groups is 1. The van der Waals surface area contributed by atoms with Crippen LogP contribution in [0.4, 0.5) is 0 Å². The van der Waals surface area contributed by atoms with Gasteiger partial charge in [-0.15, -0.1) is 24.0 Å². The zero-order valence-corrected chi connectivity index (χ0v) is 14.3. The van der Waals surface area contributed by atoms with Crippen LogP contribution in [-0.2, 0) is 18.3 Å². The minimum absolute atomic E-state index is 0. The molecule has 0 radical (unpaired) electrons. The molecule has 2 N–H and O–H groups in total. The summed E-state index contributed by atoms with van der Waals surface area (Å²) in [7, 11) is 3.84. The van der Waals surface area contributed by atoms with Gasteiger partial charge < -0.3 is 19.9 Å². The summed E-state index contributed by atoms with van der Waals surface area (Å²) in [6, 6.07) is 2.53. The lowest BCUT2D eigenvalue weighted by atomic mass is 9.96. The van der Waals surface area contributed by atoms with Gasteiger partial charge in [-0.3, -0.25) is 4.99 Å². The van der Waals surface area contributed by atoms with Crippen molar-refractivity contribution >= 4 is 29.9 Å². The van der Waals surface area contributed by atoms with E-state index in [0.717, 1.165) is 18.9 Å². The molecule has 0 amide bonds. The summed E-state index contributed by atoms with van der Waals surface area (Å²) in [5, 5.41) is 6.84. The van der Waals surface area contributed by atoms with E-state index in [1.807, 2.05) is 14.1 Å². The Balaban J connectivity index is 0.00000147. The SMILES string of the molecule is CN=C(NCc1ccn(C)c1)NC1CC2CCC1O2.I. The molecule has 1 aromatic rings. The predicted molar refractivity (Wildman–Crippen MR) is 90.5 cm³/mol. The first kappa shape index (κ1) is 15.6. The van der Waals surface area contributed by atoms with Crippen LogP contribution in [0.5, 0.6) is 0 Å². The number of nitrogens with zero attached hydrogens (tertiary/aromatic N) is 2. The van der Waals surface area contributed by atoms with Crippen LogP contribution in [-0.4, -0.2) is 35.8 Å². The van der Waals surface area contributed by atoms with Crippen LogP contribution in [0.2, 0.25) is 0 Å². The maximum Gasteiger partial charge on any atom is 0.191 e. The van der Waals surface area contributed by atoms with Crippen molar-refractivity contribution in [3.8, 4) is 0 Å². The van der Waals surface area contributed by atoms with E-state index in [1.54, 1.807) is 0 Å². The third-order valence-electron chi connectivity index (χ3n) is 4.00. The van der Waals surface area contributed by atoms with Gasteiger partial charge in [0.2, 0.25) is 0 Å². The number of halogens is 1. The van der Waals surface area contributed by atoms with Crippen LogP contribution in [0, 0.1) is 0 Å². The third-order valence-corrected chi connectivity index (χ3v) is 4.00. The van der Waals surface area contributed by atoms with Crippen molar-refractivity contribution in [1.29, 1.82) is 0 Å². The number of hydrogen-bond donors (Lipinski definition) is 2. The molecule has 1 aromatic heterocycles. The van der Waals surface area contributed by atoms with Gasteiger partial charge in [0.05, 0.1) is 18.2 Å². The lowest BCUT2D eigenvalue weighted by Gasteiger charge is -2.22. The standard InChI is InChI=1S/C14H22N4O.HI/c1-15-14(16-8-10-5-6-18(2)9-10)17-12-7-11-3-4-13(12)19-11;/h5-6,9,11-13H,3-4,7-8H2,1-2H3,(H2,15,16,17);1H. The van der Waals surface area contributed by atoms with Crippen molar-refractivity contribution in [2.24, 2.45) is 12.0 Å². The zero-order chi connectivity index (χ0) is 13.2. The number of ether oxygens (including phenoxy) is 1. The van der Waals surface area contributed by atoms with Gasteiger partial charge in [-0.2, -0.15) is 0 Å². The van der Waals surface area contributed by atoms with E-state index >= 15 is 0 Å². The Labute approximate surface area is 137 Å². The maximum atomic E-state index is 5.85. The molecule has 3 atom stereocenters. The minimum Gasteiger partial charge on any atom is -0.373 e. The van der Waals surface area contributed by atoms with Crippen molar-refractivity contribution in [3.05, 3.63) is 24.0 Å². The van der Waals surface area contributed by atoms with Gasteiger partial charge in [-0.05, 0) is 30.9 Å². The van der Waals surface area contributed by atoms with Gasteiger partial charge in [0.25, 0.3) is 0 Å². The van der Waals surface area contributed by atoms with Crippen LogP contribution in [0.15, 0.2) is 23.5 Å². The molecule has 3 unspecified atom stereocenters. The van der Waals surface area contributed by atoms with Crippen LogP contribution >= 0.6 is 24.0 Å². The second-order valence-corrected chi connectivity index (χ2v) is 5.47. The number of aromatic nitrogens is 1. The summed E-state index contributed by atoms with van der Waals surface area (Å²) in [5.41, 5.74) is 1.26. The Morgan fingerprint density at radius 1 is 1.50 bits per heavy atom. The van der Waals surface area contributed by atoms with Crippen LogP contribution < -0.4 is 10.6 Å². The molecule has 0 saturated carbocycles. The minimum atomic E-state index is 0. The van der Waals surface area contributed by atoms with Crippen LogP contribution in [0.3, 0.4) is 0 Å². The predicted octanol–water partition coefficient (Wildman–Crippen LogP) is 1.63. The van der Waals surface area contributed by atoms with E-state index in [2.05, 4.69) is 38.7 Å². The molecule has 5 nitrogen and oxygen atoms in total. The van der Waals surface area contributed by atoms with E-state index in [4.69, 9.17) is 4.74 Å². The van der Waals surface area contributed by atoms with E-state index in [0.29, 0.717) is 18.2 Å². The van der Waals surface area contributed by atoms with E-state index < -0.39 is 0 Å². The highest BCUT2D eigenvalue weighted by Crippen LogP contribution is 2.34. The summed E-state index contributed by atoms with van der Waals surface area (Å²) in [4.78, 5) is 4.29. The summed E-state index contributed by atoms with van der Waals surface area (Å²) < 4.78 is 7.90. The Hall–Kier alpha value is -0.760. The normalized spacial score (nSPS) is 28.3. The molecule has 2 saturated heterocycles. The Bertz CT molecular complexity index is 473. The highest BCUT2D eigenvalue weighted by Gasteiger charge is 2.41. The lowest BCUT2D eigenvalue weighted by Crippen LogP contribution is -2.47. The van der Waals surface area contributed by atoms with Crippen molar-refractivity contribution < 1.29 is 4.74 Å². The number of aryl methyl sites for hydroxylation is 1. The van der Waals surface area contributed by atoms with E-state index in [9.17, 15) is 0 Å². The Kier molecular flexibility index (Phi) is 5.31. The van der Waals surface area contributed by atoms with Crippen molar-refractivity contribution in [2.45, 2.75) is 44.1 Å². The molecule has 0 aliphatic carbocycles. The van der Waals surface area contributed by atoms with Crippen LogP contribution in [0.1, 0.15) is 24.8 Å². The lowest BCUT2D eigenvalue weighted by molar-refractivity contribution is 0.0992. The molecule has 6 heteroatoms. The number of fused-ring (bicyclic) bond motifs is 2. The molecular weight excluding hydrogens is 367 g/mol. The summed E-state index contributed by atoms with van der Waals surface area (Å²) in [6.07, 6.45) is 8.51. The van der Waals surface area contributed by atoms with Gasteiger partial charge in [0.15, 0.2) is 5.96 Å².